The number of halogens is 1. The second-order valence-corrected chi connectivity index (χ2v) is 4.95. The predicted octanol–water partition coefficient (Wildman–Crippen LogP) is 2.52. The van der Waals surface area contributed by atoms with Crippen molar-refractivity contribution in [3.05, 3.63) is 57.5 Å². The third kappa shape index (κ3) is 2.37. The standard InChI is InChI=1S/C15H12ClN3O3/c1-2-22-15(21)10-8-17-13-7-12(18-19(13)14(10)20)9-5-3-4-6-11(9)16/h3-8,18H,2H2,1H3. The van der Waals surface area contributed by atoms with Gasteiger partial charge in [-0.05, 0) is 13.0 Å². The maximum Gasteiger partial charge on any atom is 0.345 e. The first-order chi connectivity index (χ1) is 10.6. The van der Waals surface area contributed by atoms with Gasteiger partial charge in [-0.15, -0.1) is 0 Å². The molecule has 0 atom stereocenters. The summed E-state index contributed by atoms with van der Waals surface area (Å²) in [5, 5.41) is 3.46. The summed E-state index contributed by atoms with van der Waals surface area (Å²) in [6.07, 6.45) is 1.22. The number of H-pyrrole nitrogens is 1. The zero-order valence-corrected chi connectivity index (χ0v) is 12.4. The first-order valence-corrected chi connectivity index (χ1v) is 7.02. The molecule has 22 heavy (non-hydrogen) atoms. The Morgan fingerprint density at radius 2 is 2.18 bits per heavy atom. The highest BCUT2D eigenvalue weighted by Crippen LogP contribution is 2.26. The minimum absolute atomic E-state index is 0.119. The van der Waals surface area contributed by atoms with Crippen molar-refractivity contribution in [2.45, 2.75) is 6.92 Å². The van der Waals surface area contributed by atoms with Gasteiger partial charge in [-0.25, -0.2) is 14.3 Å². The topological polar surface area (TPSA) is 76.5 Å². The van der Waals surface area contributed by atoms with Crippen molar-refractivity contribution in [1.82, 2.24) is 14.6 Å². The van der Waals surface area contributed by atoms with E-state index in [1.807, 2.05) is 18.2 Å². The molecule has 7 heteroatoms. The second kappa shape index (κ2) is 5.65. The lowest BCUT2D eigenvalue weighted by Gasteiger charge is -2.01. The minimum atomic E-state index is -0.691. The summed E-state index contributed by atoms with van der Waals surface area (Å²) in [6.45, 7) is 1.86. The van der Waals surface area contributed by atoms with Gasteiger partial charge in [0, 0.05) is 22.8 Å². The van der Waals surface area contributed by atoms with Crippen LogP contribution in [-0.4, -0.2) is 27.2 Å². The van der Waals surface area contributed by atoms with Crippen molar-refractivity contribution in [2.75, 3.05) is 6.61 Å². The largest absolute Gasteiger partial charge is 0.462 e. The summed E-state index contributed by atoms with van der Waals surface area (Å²) in [5.74, 6) is -0.691. The van der Waals surface area contributed by atoms with Crippen LogP contribution in [0.3, 0.4) is 0 Å². The number of aromatic nitrogens is 3. The maximum atomic E-state index is 12.3. The zero-order chi connectivity index (χ0) is 15.7. The van der Waals surface area contributed by atoms with Crippen LogP contribution in [-0.2, 0) is 4.74 Å². The van der Waals surface area contributed by atoms with Gasteiger partial charge in [0.1, 0.15) is 5.56 Å². The van der Waals surface area contributed by atoms with Gasteiger partial charge in [-0.2, -0.15) is 0 Å². The van der Waals surface area contributed by atoms with Crippen LogP contribution in [0.25, 0.3) is 16.9 Å². The lowest BCUT2D eigenvalue weighted by Crippen LogP contribution is -2.24. The number of esters is 1. The molecule has 0 aliphatic rings. The predicted molar refractivity (Wildman–Crippen MR) is 82.2 cm³/mol. The average molecular weight is 318 g/mol. The molecule has 0 aliphatic heterocycles. The number of hydrogen-bond donors (Lipinski definition) is 1. The molecule has 3 rings (SSSR count). The Morgan fingerprint density at radius 3 is 2.91 bits per heavy atom. The van der Waals surface area contributed by atoms with Crippen molar-refractivity contribution in [2.24, 2.45) is 0 Å². The smallest absolute Gasteiger partial charge is 0.345 e. The SMILES string of the molecule is CCOC(=O)c1cnc2cc(-c3ccccc3Cl)[nH]n2c1=O. The molecule has 112 valence electrons. The quantitative estimate of drug-likeness (QED) is 0.753. The molecule has 0 spiro atoms. The fraction of sp³-hybridized carbons (Fsp3) is 0.133. The number of fused-ring (bicyclic) bond motifs is 1. The van der Waals surface area contributed by atoms with Crippen LogP contribution >= 0.6 is 11.6 Å². The van der Waals surface area contributed by atoms with E-state index >= 15 is 0 Å². The van der Waals surface area contributed by atoms with E-state index in [4.69, 9.17) is 16.3 Å². The number of nitrogens with zero attached hydrogens (tertiary/aromatic N) is 2. The Morgan fingerprint density at radius 1 is 1.41 bits per heavy atom. The number of carbonyl (C=O) groups excluding carboxylic acids is 1. The van der Waals surface area contributed by atoms with Crippen LogP contribution in [0.2, 0.25) is 5.02 Å². The summed E-state index contributed by atoms with van der Waals surface area (Å²) < 4.78 is 6.04. The highest BCUT2D eigenvalue weighted by Gasteiger charge is 2.16. The van der Waals surface area contributed by atoms with Crippen LogP contribution in [0.4, 0.5) is 0 Å². The fourth-order valence-corrected chi connectivity index (χ4v) is 2.36. The molecule has 2 heterocycles. The summed E-state index contributed by atoms with van der Waals surface area (Å²) in [6, 6.07) is 8.93. The van der Waals surface area contributed by atoms with Gasteiger partial charge in [-0.1, -0.05) is 29.8 Å². The number of carbonyl (C=O) groups is 1. The highest BCUT2D eigenvalue weighted by atomic mass is 35.5. The molecule has 0 bridgehead atoms. The molecule has 0 radical (unpaired) electrons. The van der Waals surface area contributed by atoms with Crippen molar-refractivity contribution < 1.29 is 9.53 Å². The van der Waals surface area contributed by atoms with E-state index in [0.29, 0.717) is 16.4 Å². The van der Waals surface area contributed by atoms with E-state index in [0.717, 1.165) is 5.56 Å². The van der Waals surface area contributed by atoms with Crippen molar-refractivity contribution >= 4 is 23.2 Å². The van der Waals surface area contributed by atoms with Crippen molar-refractivity contribution in [3.8, 4) is 11.3 Å². The molecule has 3 aromatic rings. The molecule has 0 saturated carbocycles. The Kier molecular flexibility index (Phi) is 3.68. The van der Waals surface area contributed by atoms with Gasteiger partial charge in [0.25, 0.3) is 5.56 Å². The lowest BCUT2D eigenvalue weighted by molar-refractivity contribution is 0.0523. The third-order valence-electron chi connectivity index (χ3n) is 3.15. The van der Waals surface area contributed by atoms with E-state index in [1.165, 1.54) is 10.7 Å². The monoisotopic (exact) mass is 317 g/mol. The van der Waals surface area contributed by atoms with Crippen LogP contribution in [0.5, 0.6) is 0 Å². The molecule has 6 nitrogen and oxygen atoms in total. The van der Waals surface area contributed by atoms with Crippen molar-refractivity contribution in [1.29, 1.82) is 0 Å². The molecule has 0 amide bonds. The molecule has 1 aromatic carbocycles. The lowest BCUT2D eigenvalue weighted by atomic mass is 10.1. The molecule has 2 aromatic heterocycles. The normalized spacial score (nSPS) is 10.8. The first-order valence-electron chi connectivity index (χ1n) is 6.64. The molecular formula is C15H12ClN3O3. The summed E-state index contributed by atoms with van der Waals surface area (Å²) in [5.41, 5.74) is 1.14. The Balaban J connectivity index is 2.15. The number of ether oxygens (including phenoxy) is 1. The Labute approximate surface area is 130 Å². The van der Waals surface area contributed by atoms with E-state index < -0.39 is 11.5 Å². The van der Waals surface area contributed by atoms with Crippen LogP contribution in [0.1, 0.15) is 17.3 Å². The Hall–Kier alpha value is -2.60. The molecule has 0 saturated heterocycles. The van der Waals surface area contributed by atoms with Crippen LogP contribution < -0.4 is 5.56 Å². The molecule has 0 fully saturated rings. The Bertz CT molecular complexity index is 914. The van der Waals surface area contributed by atoms with E-state index in [1.54, 1.807) is 19.1 Å². The highest BCUT2D eigenvalue weighted by molar-refractivity contribution is 6.33. The number of hydrogen-bond acceptors (Lipinski definition) is 4. The summed E-state index contributed by atoms with van der Waals surface area (Å²) >= 11 is 6.15. The van der Waals surface area contributed by atoms with Gasteiger partial charge in [0.15, 0.2) is 5.65 Å². The molecular weight excluding hydrogens is 306 g/mol. The van der Waals surface area contributed by atoms with Gasteiger partial charge < -0.3 is 4.74 Å². The van der Waals surface area contributed by atoms with E-state index in [-0.39, 0.29) is 12.2 Å². The molecule has 0 aliphatic carbocycles. The summed E-state index contributed by atoms with van der Waals surface area (Å²) in [7, 11) is 0. The number of rotatable bonds is 3. The third-order valence-corrected chi connectivity index (χ3v) is 3.48. The fourth-order valence-electron chi connectivity index (χ4n) is 2.13. The van der Waals surface area contributed by atoms with Crippen LogP contribution in [0.15, 0.2) is 41.3 Å². The zero-order valence-electron chi connectivity index (χ0n) is 11.7. The van der Waals surface area contributed by atoms with Crippen molar-refractivity contribution in [3.63, 3.8) is 0 Å². The first kappa shape index (κ1) is 14.3. The van der Waals surface area contributed by atoms with E-state index in [2.05, 4.69) is 10.1 Å². The number of aromatic amines is 1. The van der Waals surface area contributed by atoms with Gasteiger partial charge >= 0.3 is 5.97 Å². The van der Waals surface area contributed by atoms with Gasteiger partial charge in [0.05, 0.1) is 12.3 Å². The number of nitrogens with one attached hydrogen (secondary N) is 1. The van der Waals surface area contributed by atoms with Crippen LogP contribution in [0, 0.1) is 0 Å². The average Bonchev–Trinajstić information content (AvgIpc) is 2.93. The second-order valence-electron chi connectivity index (χ2n) is 4.54. The number of benzene rings is 1. The summed E-state index contributed by atoms with van der Waals surface area (Å²) in [4.78, 5) is 28.2. The molecule has 0 unspecified atom stereocenters. The minimum Gasteiger partial charge on any atom is -0.462 e. The molecule has 1 N–H and O–H groups in total. The van der Waals surface area contributed by atoms with Gasteiger partial charge in [-0.3, -0.25) is 9.89 Å². The van der Waals surface area contributed by atoms with E-state index in [9.17, 15) is 9.59 Å². The van der Waals surface area contributed by atoms with Gasteiger partial charge in [0.2, 0.25) is 0 Å². The maximum absolute atomic E-state index is 12.3.